The van der Waals surface area contributed by atoms with Gasteiger partial charge in [-0.1, -0.05) is 23.2 Å². The van der Waals surface area contributed by atoms with E-state index in [-0.39, 0.29) is 0 Å². The van der Waals surface area contributed by atoms with E-state index in [1.165, 1.54) is 0 Å². The van der Waals surface area contributed by atoms with Crippen LogP contribution in [0.3, 0.4) is 0 Å². The van der Waals surface area contributed by atoms with Crippen LogP contribution in [-0.2, 0) is 0 Å². The summed E-state index contributed by atoms with van der Waals surface area (Å²) in [7, 11) is 0. The second-order valence-corrected chi connectivity index (χ2v) is 3.51. The zero-order valence-corrected chi connectivity index (χ0v) is 7.77. The van der Waals surface area contributed by atoms with Gasteiger partial charge < -0.3 is 5.11 Å². The van der Waals surface area contributed by atoms with Crippen molar-refractivity contribution in [2.45, 2.75) is 22.6 Å². The summed E-state index contributed by atoms with van der Waals surface area (Å²) in [5, 5.41) is -1.35. The molecule has 0 heterocycles. The molecule has 0 fully saturated rings. The maximum atomic E-state index is 12.6. The largest absolute Gasteiger partial charge is 0.391 e. The molecule has 1 N–H and O–H groups in total. The summed E-state index contributed by atoms with van der Waals surface area (Å²) in [5.74, 6) is -5.44. The second kappa shape index (κ2) is 3.94. The number of hydrogen-bond acceptors (Lipinski definition) is 1. The summed E-state index contributed by atoms with van der Waals surface area (Å²) in [4.78, 5) is 0. The fourth-order valence-electron chi connectivity index (χ4n) is 0.480. The summed E-state index contributed by atoms with van der Waals surface area (Å²) in [6.45, 7) is -2.06. The molecule has 0 aromatic carbocycles. The van der Waals surface area contributed by atoms with Crippen molar-refractivity contribution in [2.75, 3.05) is 6.61 Å². The number of aliphatic hydroxyl groups is 1. The van der Waals surface area contributed by atoms with Gasteiger partial charge in [0, 0.05) is 0 Å². The Labute approximate surface area is 84.6 Å². The summed E-state index contributed by atoms with van der Waals surface area (Å²) < 4.78 is 73.6. The maximum absolute atomic E-state index is 12.6. The van der Waals surface area contributed by atoms with Crippen LogP contribution in [-0.4, -0.2) is 34.3 Å². The Balaban J connectivity index is 5.14. The Bertz CT molecular complexity index is 206. The normalized spacial score (nSPS) is 21.9. The van der Waals surface area contributed by atoms with E-state index in [0.717, 1.165) is 0 Å². The fraction of sp³-hybridized carbons (Fsp3) is 1.00. The molecule has 0 aliphatic rings. The van der Waals surface area contributed by atoms with Crippen molar-refractivity contribution in [3.05, 3.63) is 0 Å². The van der Waals surface area contributed by atoms with Crippen molar-refractivity contribution in [2.24, 2.45) is 0 Å². The molecule has 14 heavy (non-hydrogen) atoms. The summed E-state index contributed by atoms with van der Waals surface area (Å²) in [6.07, 6.45) is -4.36. The average Bonchev–Trinajstić information content (AvgIpc) is 2.03. The van der Waals surface area contributed by atoms with Gasteiger partial charge >= 0.3 is 11.1 Å². The van der Waals surface area contributed by atoms with Gasteiger partial charge in [-0.05, 0) is 0 Å². The third kappa shape index (κ3) is 2.04. The molecule has 2 unspecified atom stereocenters. The van der Waals surface area contributed by atoms with Crippen molar-refractivity contribution in [1.82, 2.24) is 0 Å². The van der Waals surface area contributed by atoms with E-state index in [9.17, 15) is 26.3 Å². The fourth-order valence-corrected chi connectivity index (χ4v) is 0.816. The van der Waals surface area contributed by atoms with Gasteiger partial charge in [0.2, 0.25) is 0 Å². The van der Waals surface area contributed by atoms with Crippen LogP contribution in [0.2, 0.25) is 0 Å². The molecule has 0 bridgehead atoms. The van der Waals surface area contributed by atoms with Crippen LogP contribution in [0.15, 0.2) is 0 Å². The lowest BCUT2D eigenvalue weighted by molar-refractivity contribution is -0.208. The van der Waals surface area contributed by atoms with Gasteiger partial charge in [0.15, 0.2) is 0 Å². The van der Waals surface area contributed by atoms with E-state index in [2.05, 4.69) is 23.2 Å². The molecular formula is C5H4Cl2F6O. The van der Waals surface area contributed by atoms with Crippen molar-refractivity contribution >= 4 is 23.2 Å². The molecule has 0 aliphatic carbocycles. The lowest BCUT2D eigenvalue weighted by Crippen LogP contribution is -2.57. The number of aliphatic hydroxyl groups excluding tert-OH is 1. The minimum atomic E-state index is -5.44. The van der Waals surface area contributed by atoms with Gasteiger partial charge in [-0.3, -0.25) is 0 Å². The summed E-state index contributed by atoms with van der Waals surface area (Å²) in [5.41, 5.74) is 0. The Hall–Kier alpha value is 0.120. The Morgan fingerprint density at radius 3 is 1.64 bits per heavy atom. The number of hydrogen-bond donors (Lipinski definition) is 1. The molecule has 0 saturated heterocycles. The van der Waals surface area contributed by atoms with E-state index in [1.807, 2.05) is 0 Å². The molecule has 0 saturated carbocycles. The van der Waals surface area contributed by atoms with Gasteiger partial charge in [-0.15, -0.1) is 0 Å². The first-order chi connectivity index (χ1) is 6.00. The van der Waals surface area contributed by atoms with E-state index in [0.29, 0.717) is 0 Å². The molecule has 0 aliphatic heterocycles. The molecule has 0 aromatic heterocycles. The first-order valence-electron chi connectivity index (χ1n) is 3.03. The van der Waals surface area contributed by atoms with Gasteiger partial charge in [0.1, 0.15) is 0 Å². The number of alkyl halides is 8. The van der Waals surface area contributed by atoms with Crippen molar-refractivity contribution < 1.29 is 31.4 Å². The van der Waals surface area contributed by atoms with Crippen molar-refractivity contribution in [1.29, 1.82) is 0 Å². The molecule has 0 radical (unpaired) electrons. The van der Waals surface area contributed by atoms with Gasteiger partial charge in [-0.2, -0.15) is 8.78 Å². The summed E-state index contributed by atoms with van der Waals surface area (Å²) >= 11 is 8.44. The standard InChI is InChI=1S/C5H4Cl2F6O/c6-3(10,1-14)5(12,13)4(7,11)2(8)9/h2,14H,1H2. The molecule has 0 spiro atoms. The Morgan fingerprint density at radius 1 is 1.07 bits per heavy atom. The zero-order valence-electron chi connectivity index (χ0n) is 6.26. The Kier molecular flexibility index (Phi) is 3.97. The first kappa shape index (κ1) is 14.1. The molecule has 86 valence electrons. The van der Waals surface area contributed by atoms with Crippen LogP contribution in [0, 0.1) is 0 Å². The average molecular weight is 265 g/mol. The van der Waals surface area contributed by atoms with E-state index >= 15 is 0 Å². The van der Waals surface area contributed by atoms with Crippen LogP contribution in [0.1, 0.15) is 0 Å². The van der Waals surface area contributed by atoms with Crippen LogP contribution >= 0.6 is 23.2 Å². The minimum absolute atomic E-state index is 2.06. The zero-order chi connectivity index (χ0) is 11.8. The second-order valence-electron chi connectivity index (χ2n) is 2.36. The van der Waals surface area contributed by atoms with E-state index < -0.39 is 29.2 Å². The lowest BCUT2D eigenvalue weighted by atomic mass is 10.1. The van der Waals surface area contributed by atoms with Crippen LogP contribution < -0.4 is 0 Å². The monoisotopic (exact) mass is 264 g/mol. The highest BCUT2D eigenvalue weighted by molar-refractivity contribution is 6.27. The highest BCUT2D eigenvalue weighted by Gasteiger charge is 2.71. The van der Waals surface area contributed by atoms with Crippen molar-refractivity contribution in [3.8, 4) is 0 Å². The smallest absolute Gasteiger partial charge is 0.350 e. The molecule has 9 heteroatoms. The number of halogens is 8. The van der Waals surface area contributed by atoms with Crippen molar-refractivity contribution in [3.63, 3.8) is 0 Å². The molecule has 2 atom stereocenters. The van der Waals surface area contributed by atoms with Crippen LogP contribution in [0.25, 0.3) is 0 Å². The van der Waals surface area contributed by atoms with Gasteiger partial charge in [0.05, 0.1) is 6.61 Å². The quantitative estimate of drug-likeness (QED) is 0.612. The van der Waals surface area contributed by atoms with Crippen LogP contribution in [0.4, 0.5) is 26.3 Å². The summed E-state index contributed by atoms with van der Waals surface area (Å²) in [6, 6.07) is 0. The predicted molar refractivity (Wildman–Crippen MR) is 37.4 cm³/mol. The Morgan fingerprint density at radius 2 is 1.43 bits per heavy atom. The first-order valence-corrected chi connectivity index (χ1v) is 3.78. The molecule has 1 nitrogen and oxygen atoms in total. The highest BCUT2D eigenvalue weighted by atomic mass is 35.5. The van der Waals surface area contributed by atoms with E-state index in [1.54, 1.807) is 0 Å². The topological polar surface area (TPSA) is 20.2 Å². The maximum Gasteiger partial charge on any atom is 0.350 e. The minimum Gasteiger partial charge on any atom is -0.391 e. The third-order valence-electron chi connectivity index (χ3n) is 1.35. The van der Waals surface area contributed by atoms with Crippen LogP contribution in [0.5, 0.6) is 0 Å². The van der Waals surface area contributed by atoms with Gasteiger partial charge in [-0.25, -0.2) is 17.6 Å². The SMILES string of the molecule is OCC(F)(Cl)C(F)(F)C(F)(Cl)C(F)F. The molecular weight excluding hydrogens is 261 g/mol. The number of rotatable bonds is 4. The third-order valence-corrected chi connectivity index (χ3v) is 2.11. The van der Waals surface area contributed by atoms with Gasteiger partial charge in [0.25, 0.3) is 11.6 Å². The predicted octanol–water partition coefficient (Wildman–Crippen LogP) is 2.69. The van der Waals surface area contributed by atoms with E-state index in [4.69, 9.17) is 5.11 Å². The molecule has 0 amide bonds. The molecule has 0 rings (SSSR count). The molecule has 0 aromatic rings. The lowest BCUT2D eigenvalue weighted by Gasteiger charge is -2.33. The highest BCUT2D eigenvalue weighted by Crippen LogP contribution is 2.50.